The van der Waals surface area contributed by atoms with Crippen LogP contribution in [0.1, 0.15) is 45.3 Å². The number of rotatable bonds is 8. The van der Waals surface area contributed by atoms with E-state index in [2.05, 4.69) is 29.2 Å². The van der Waals surface area contributed by atoms with Crippen LogP contribution in [0.15, 0.2) is 59.4 Å². The Morgan fingerprint density at radius 1 is 1.09 bits per heavy atom. The quantitative estimate of drug-likeness (QED) is 0.371. The summed E-state index contributed by atoms with van der Waals surface area (Å²) in [5.74, 6) is 0.132. The fraction of sp³-hybridized carbons (Fsp3) is 0.240. The lowest BCUT2D eigenvalue weighted by Crippen LogP contribution is -2.17. The van der Waals surface area contributed by atoms with Gasteiger partial charge >= 0.3 is 5.97 Å². The Hall–Kier alpha value is -4.05. The topological polar surface area (TPSA) is 112 Å². The molecule has 35 heavy (non-hydrogen) atoms. The maximum absolute atomic E-state index is 12.6. The van der Waals surface area contributed by atoms with Crippen molar-refractivity contribution in [2.45, 2.75) is 26.9 Å². The third-order valence-corrected chi connectivity index (χ3v) is 5.91. The number of anilines is 1. The molecule has 10 heteroatoms. The van der Waals surface area contributed by atoms with Gasteiger partial charge in [0.2, 0.25) is 4.96 Å². The number of hydrogen-bond acceptors (Lipinski definition) is 8. The van der Waals surface area contributed by atoms with Gasteiger partial charge in [0.25, 0.3) is 11.5 Å². The molecule has 0 unspecified atom stereocenters. The molecule has 4 aromatic rings. The second kappa shape index (κ2) is 10.5. The van der Waals surface area contributed by atoms with Crippen LogP contribution in [-0.4, -0.2) is 33.6 Å². The zero-order valence-electron chi connectivity index (χ0n) is 19.5. The predicted octanol–water partition coefficient (Wildman–Crippen LogP) is 3.97. The van der Waals surface area contributed by atoms with Gasteiger partial charge < -0.3 is 14.8 Å². The number of amides is 1. The van der Waals surface area contributed by atoms with Gasteiger partial charge in [0.15, 0.2) is 0 Å². The number of hydrogen-bond donors (Lipinski definition) is 1. The highest BCUT2D eigenvalue weighted by Gasteiger charge is 2.14. The molecule has 2 aromatic heterocycles. The van der Waals surface area contributed by atoms with E-state index in [4.69, 9.17) is 9.47 Å². The number of carbonyl (C=O) groups excluding carboxylic acids is 2. The van der Waals surface area contributed by atoms with Crippen LogP contribution in [0, 0.1) is 5.92 Å². The summed E-state index contributed by atoms with van der Waals surface area (Å²) in [6.07, 6.45) is 0.753. The molecule has 2 heterocycles. The molecule has 9 nitrogen and oxygen atoms in total. The Kier molecular flexibility index (Phi) is 7.21. The van der Waals surface area contributed by atoms with Gasteiger partial charge in [-0.05, 0) is 48.4 Å². The van der Waals surface area contributed by atoms with E-state index in [1.165, 1.54) is 28.0 Å². The van der Waals surface area contributed by atoms with Crippen LogP contribution in [0.5, 0.6) is 5.75 Å². The van der Waals surface area contributed by atoms with E-state index in [-0.39, 0.29) is 23.6 Å². The van der Waals surface area contributed by atoms with Crippen molar-refractivity contribution in [3.8, 4) is 5.75 Å². The van der Waals surface area contributed by atoms with Crippen molar-refractivity contribution >= 4 is 33.9 Å². The number of benzene rings is 2. The summed E-state index contributed by atoms with van der Waals surface area (Å²) in [5, 5.41) is 7.90. The molecular formula is C25H24N4O5S. The summed E-state index contributed by atoms with van der Waals surface area (Å²) in [6.45, 7) is 3.99. The van der Waals surface area contributed by atoms with E-state index in [9.17, 15) is 14.4 Å². The maximum Gasteiger partial charge on any atom is 0.338 e. The molecule has 0 aliphatic rings. The van der Waals surface area contributed by atoms with E-state index in [1.807, 2.05) is 0 Å². The summed E-state index contributed by atoms with van der Waals surface area (Å²) >= 11 is 1.35. The first kappa shape index (κ1) is 24.1. The Balaban J connectivity index is 1.42. The van der Waals surface area contributed by atoms with Crippen molar-refractivity contribution < 1.29 is 19.1 Å². The van der Waals surface area contributed by atoms with E-state index < -0.39 is 5.97 Å². The summed E-state index contributed by atoms with van der Waals surface area (Å²) in [7, 11) is 1.55. The van der Waals surface area contributed by atoms with Crippen molar-refractivity contribution in [2.75, 3.05) is 12.4 Å². The zero-order valence-corrected chi connectivity index (χ0v) is 20.3. The van der Waals surface area contributed by atoms with Crippen LogP contribution in [-0.2, 0) is 17.8 Å². The lowest BCUT2D eigenvalue weighted by Gasteiger charge is -2.08. The van der Waals surface area contributed by atoms with Gasteiger partial charge in [-0.1, -0.05) is 31.3 Å². The van der Waals surface area contributed by atoms with Gasteiger partial charge in [-0.2, -0.15) is 9.61 Å². The van der Waals surface area contributed by atoms with Gasteiger partial charge in [0, 0.05) is 23.7 Å². The second-order valence-electron chi connectivity index (χ2n) is 8.21. The summed E-state index contributed by atoms with van der Waals surface area (Å²) in [6, 6.07) is 14.4. The maximum atomic E-state index is 12.6. The van der Waals surface area contributed by atoms with E-state index >= 15 is 0 Å². The second-order valence-corrected chi connectivity index (χ2v) is 9.25. The molecule has 0 aliphatic carbocycles. The number of nitrogens with zero attached hydrogens (tertiary/aromatic N) is 3. The average molecular weight is 493 g/mol. The highest BCUT2D eigenvalue weighted by atomic mass is 32.1. The predicted molar refractivity (Wildman–Crippen MR) is 132 cm³/mol. The van der Waals surface area contributed by atoms with Gasteiger partial charge in [-0.25, -0.2) is 9.78 Å². The Morgan fingerprint density at radius 3 is 2.57 bits per heavy atom. The smallest absolute Gasteiger partial charge is 0.338 e. The molecule has 1 N–H and O–H groups in total. The first-order chi connectivity index (χ1) is 16.8. The van der Waals surface area contributed by atoms with E-state index in [0.717, 1.165) is 11.4 Å². The van der Waals surface area contributed by atoms with Crippen molar-refractivity contribution in [1.82, 2.24) is 14.6 Å². The summed E-state index contributed by atoms with van der Waals surface area (Å²) < 4.78 is 11.7. The van der Waals surface area contributed by atoms with Crippen molar-refractivity contribution in [3.63, 3.8) is 0 Å². The molecule has 2 aromatic carbocycles. The van der Waals surface area contributed by atoms with Crippen LogP contribution in [0.3, 0.4) is 0 Å². The van der Waals surface area contributed by atoms with Gasteiger partial charge in [-0.3, -0.25) is 9.59 Å². The van der Waals surface area contributed by atoms with Gasteiger partial charge in [-0.15, -0.1) is 0 Å². The van der Waals surface area contributed by atoms with Crippen LogP contribution in [0.25, 0.3) is 4.96 Å². The molecule has 0 fully saturated rings. The lowest BCUT2D eigenvalue weighted by atomic mass is 10.1. The van der Waals surface area contributed by atoms with E-state index in [1.54, 1.807) is 49.6 Å². The Morgan fingerprint density at radius 2 is 1.86 bits per heavy atom. The first-order valence-corrected chi connectivity index (χ1v) is 11.8. The van der Waals surface area contributed by atoms with Gasteiger partial charge in [0.05, 0.1) is 18.4 Å². The van der Waals surface area contributed by atoms with Crippen LogP contribution in [0.4, 0.5) is 5.69 Å². The molecule has 0 saturated carbocycles. The summed E-state index contributed by atoms with van der Waals surface area (Å²) in [4.78, 5) is 42.4. The number of nitrogens with one attached hydrogen (secondary N) is 1. The van der Waals surface area contributed by atoms with Gasteiger partial charge in [0.1, 0.15) is 17.4 Å². The fourth-order valence-corrected chi connectivity index (χ4v) is 4.42. The fourth-order valence-electron chi connectivity index (χ4n) is 3.29. The molecule has 0 atom stereocenters. The highest BCUT2D eigenvalue weighted by Crippen LogP contribution is 2.17. The number of fused-ring (bicyclic) bond motifs is 1. The zero-order chi connectivity index (χ0) is 24.9. The standard InChI is InChI=1S/C25H24N4O5S/c1-15(2)11-21-28-29-22(30)13-19(27-25(29)35-21)14-34-24(32)17-5-4-6-18(12-17)26-23(31)16-7-9-20(33-3)10-8-16/h4-10,12-13,15H,11,14H2,1-3H3,(H,26,31). The van der Waals surface area contributed by atoms with Crippen LogP contribution >= 0.6 is 11.3 Å². The third kappa shape index (κ3) is 5.90. The molecular weight excluding hydrogens is 468 g/mol. The Labute approximate surface area is 205 Å². The minimum atomic E-state index is -0.600. The summed E-state index contributed by atoms with van der Waals surface area (Å²) in [5.41, 5.74) is 1.17. The highest BCUT2D eigenvalue weighted by molar-refractivity contribution is 7.16. The third-order valence-electron chi connectivity index (χ3n) is 4.98. The molecule has 4 rings (SSSR count). The first-order valence-electron chi connectivity index (χ1n) is 10.9. The lowest BCUT2D eigenvalue weighted by molar-refractivity contribution is 0.0467. The van der Waals surface area contributed by atoms with Crippen molar-refractivity contribution in [3.05, 3.63) is 86.8 Å². The Bertz CT molecular complexity index is 1430. The minimum absolute atomic E-state index is 0.162. The largest absolute Gasteiger partial charge is 0.497 e. The number of aromatic nitrogens is 3. The van der Waals surface area contributed by atoms with Crippen molar-refractivity contribution in [1.29, 1.82) is 0 Å². The van der Waals surface area contributed by atoms with Crippen LogP contribution in [0.2, 0.25) is 0 Å². The molecule has 180 valence electrons. The van der Waals surface area contributed by atoms with Crippen LogP contribution < -0.4 is 15.6 Å². The van der Waals surface area contributed by atoms with Crippen molar-refractivity contribution in [2.24, 2.45) is 5.92 Å². The van der Waals surface area contributed by atoms with E-state index in [0.29, 0.717) is 33.6 Å². The number of methoxy groups -OCH3 is 1. The molecule has 1 amide bonds. The molecule has 0 bridgehead atoms. The minimum Gasteiger partial charge on any atom is -0.497 e. The molecule has 0 aliphatic heterocycles. The monoisotopic (exact) mass is 492 g/mol. The number of ether oxygens (including phenoxy) is 2. The average Bonchev–Trinajstić information content (AvgIpc) is 3.25. The number of esters is 1. The molecule has 0 saturated heterocycles. The number of carbonyl (C=O) groups is 2. The SMILES string of the molecule is COc1ccc(C(=O)Nc2cccc(C(=O)OCc3cc(=O)n4nc(CC(C)C)sc4n3)c2)cc1. The molecule has 0 spiro atoms. The molecule has 0 radical (unpaired) electrons. The normalized spacial score (nSPS) is 11.0.